The van der Waals surface area contributed by atoms with E-state index in [1.807, 2.05) is 41.3 Å². The molecule has 0 aliphatic carbocycles. The van der Waals surface area contributed by atoms with E-state index in [0.717, 1.165) is 50.4 Å². The summed E-state index contributed by atoms with van der Waals surface area (Å²) in [5.41, 5.74) is 0.785. The monoisotopic (exact) mass is 478 g/mol. The molecule has 35 heavy (non-hydrogen) atoms. The van der Waals surface area contributed by atoms with Gasteiger partial charge in [-0.05, 0) is 43.2 Å². The molecular formula is C25H30N6O4. The first kappa shape index (κ1) is 22.9. The molecule has 10 heteroatoms. The first-order chi connectivity index (χ1) is 17.2. The fourth-order valence-electron chi connectivity index (χ4n) is 4.71. The summed E-state index contributed by atoms with van der Waals surface area (Å²) in [5, 5.41) is 4.14. The van der Waals surface area contributed by atoms with E-state index in [1.54, 1.807) is 20.4 Å². The minimum absolute atomic E-state index is 0.0286. The third-order valence-corrected chi connectivity index (χ3v) is 6.74. The van der Waals surface area contributed by atoms with Gasteiger partial charge in [0.25, 0.3) is 0 Å². The zero-order chi connectivity index (χ0) is 24.2. The Kier molecular flexibility index (Phi) is 6.69. The number of anilines is 2. The Morgan fingerprint density at radius 3 is 2.40 bits per heavy atom. The van der Waals surface area contributed by atoms with Gasteiger partial charge < -0.3 is 28.7 Å². The Morgan fingerprint density at radius 2 is 1.71 bits per heavy atom. The van der Waals surface area contributed by atoms with E-state index in [2.05, 4.69) is 24.9 Å². The second kappa shape index (κ2) is 10.2. The van der Waals surface area contributed by atoms with Crippen LogP contribution in [0.3, 0.4) is 0 Å². The summed E-state index contributed by atoms with van der Waals surface area (Å²) >= 11 is 0. The van der Waals surface area contributed by atoms with Gasteiger partial charge in [-0.25, -0.2) is 4.98 Å². The first-order valence-electron chi connectivity index (χ1n) is 11.9. The lowest BCUT2D eigenvalue weighted by Gasteiger charge is -2.38. The normalized spacial score (nSPS) is 16.9. The number of aromatic nitrogens is 3. The predicted molar refractivity (Wildman–Crippen MR) is 131 cm³/mol. The number of pyridine rings is 1. The molecule has 1 amide bonds. The van der Waals surface area contributed by atoms with Gasteiger partial charge in [0, 0.05) is 56.9 Å². The van der Waals surface area contributed by atoms with E-state index < -0.39 is 0 Å². The number of ether oxygens (including phenoxy) is 2. The summed E-state index contributed by atoms with van der Waals surface area (Å²) in [5.74, 6) is 2.99. The number of hydrogen-bond acceptors (Lipinski definition) is 9. The van der Waals surface area contributed by atoms with E-state index in [9.17, 15) is 4.79 Å². The molecule has 10 nitrogen and oxygen atoms in total. The number of rotatable bonds is 6. The molecule has 2 aromatic heterocycles. The maximum Gasteiger partial charge on any atom is 0.324 e. The van der Waals surface area contributed by atoms with Crippen molar-refractivity contribution in [2.45, 2.75) is 12.8 Å². The molecule has 0 saturated carbocycles. The number of carbonyl (C=O) groups excluding carboxylic acids is 1. The van der Waals surface area contributed by atoms with Crippen LogP contribution in [0.5, 0.6) is 11.5 Å². The Hall–Kier alpha value is -3.82. The third-order valence-electron chi connectivity index (χ3n) is 6.74. The third kappa shape index (κ3) is 4.87. The molecule has 0 unspecified atom stereocenters. The maximum absolute atomic E-state index is 13.1. The van der Waals surface area contributed by atoms with Crippen LogP contribution in [-0.4, -0.2) is 79.4 Å². The molecule has 3 aromatic rings. The Bertz CT molecular complexity index is 1140. The van der Waals surface area contributed by atoms with Gasteiger partial charge in [0.1, 0.15) is 5.82 Å². The van der Waals surface area contributed by atoms with Gasteiger partial charge in [-0.3, -0.25) is 4.79 Å². The van der Waals surface area contributed by atoms with Crippen molar-refractivity contribution >= 4 is 17.7 Å². The van der Waals surface area contributed by atoms with Crippen LogP contribution in [-0.2, 0) is 4.79 Å². The predicted octanol–water partition coefficient (Wildman–Crippen LogP) is 2.71. The lowest BCUT2D eigenvalue weighted by atomic mass is 9.95. The summed E-state index contributed by atoms with van der Waals surface area (Å²) < 4.78 is 16.2. The number of amides is 1. The van der Waals surface area contributed by atoms with Crippen LogP contribution in [0.15, 0.2) is 47.1 Å². The molecule has 1 aromatic carbocycles. The van der Waals surface area contributed by atoms with Crippen molar-refractivity contribution in [2.24, 2.45) is 5.92 Å². The van der Waals surface area contributed by atoms with Crippen molar-refractivity contribution in [1.29, 1.82) is 0 Å². The lowest BCUT2D eigenvalue weighted by molar-refractivity contribution is -0.136. The van der Waals surface area contributed by atoms with E-state index in [4.69, 9.17) is 14.0 Å². The largest absolute Gasteiger partial charge is 0.493 e. The topological polar surface area (TPSA) is 97.1 Å². The van der Waals surface area contributed by atoms with Crippen LogP contribution >= 0.6 is 0 Å². The first-order valence-corrected chi connectivity index (χ1v) is 11.9. The molecule has 2 aliphatic rings. The number of piperidine rings is 1. The zero-order valence-corrected chi connectivity index (χ0v) is 20.1. The molecule has 0 spiro atoms. The van der Waals surface area contributed by atoms with Gasteiger partial charge in [0.05, 0.1) is 14.2 Å². The highest BCUT2D eigenvalue weighted by atomic mass is 16.5. The Morgan fingerprint density at radius 1 is 0.943 bits per heavy atom. The van der Waals surface area contributed by atoms with Crippen LogP contribution < -0.4 is 19.3 Å². The van der Waals surface area contributed by atoms with Crippen LogP contribution in [0.1, 0.15) is 12.8 Å². The molecule has 2 aliphatic heterocycles. The van der Waals surface area contributed by atoms with E-state index >= 15 is 0 Å². The van der Waals surface area contributed by atoms with Gasteiger partial charge in [0.15, 0.2) is 11.5 Å². The highest BCUT2D eigenvalue weighted by Crippen LogP contribution is 2.32. The summed E-state index contributed by atoms with van der Waals surface area (Å²) in [6.07, 6.45) is 3.35. The summed E-state index contributed by atoms with van der Waals surface area (Å²) in [4.78, 5) is 28.4. The average Bonchev–Trinajstić information content (AvgIpc) is 3.43. The van der Waals surface area contributed by atoms with Crippen LogP contribution in [0, 0.1) is 5.92 Å². The van der Waals surface area contributed by atoms with Gasteiger partial charge in [-0.1, -0.05) is 11.2 Å². The van der Waals surface area contributed by atoms with Crippen molar-refractivity contribution in [2.75, 3.05) is 63.3 Å². The quantitative estimate of drug-likeness (QED) is 0.530. The van der Waals surface area contributed by atoms with Crippen LogP contribution in [0.25, 0.3) is 11.4 Å². The highest BCUT2D eigenvalue weighted by Gasteiger charge is 2.32. The molecule has 4 heterocycles. The molecular weight excluding hydrogens is 448 g/mol. The number of methoxy groups -OCH3 is 2. The van der Waals surface area contributed by atoms with Crippen molar-refractivity contribution in [1.82, 2.24) is 20.0 Å². The lowest BCUT2D eigenvalue weighted by Crippen LogP contribution is -2.52. The van der Waals surface area contributed by atoms with Crippen molar-refractivity contribution in [3.8, 4) is 22.9 Å². The number of benzene rings is 1. The number of hydrogen-bond donors (Lipinski definition) is 0. The molecule has 184 valence electrons. The second-order valence-corrected chi connectivity index (χ2v) is 8.73. The van der Waals surface area contributed by atoms with E-state index in [-0.39, 0.29) is 11.8 Å². The minimum Gasteiger partial charge on any atom is -0.493 e. The van der Waals surface area contributed by atoms with Crippen molar-refractivity contribution < 1.29 is 18.8 Å². The fourth-order valence-corrected chi connectivity index (χ4v) is 4.71. The molecule has 2 saturated heterocycles. The Balaban J connectivity index is 1.15. The average molecular weight is 479 g/mol. The molecule has 5 rings (SSSR count). The molecule has 0 bridgehead atoms. The zero-order valence-electron chi connectivity index (χ0n) is 20.1. The number of nitrogens with zero attached hydrogens (tertiary/aromatic N) is 6. The minimum atomic E-state index is 0.0286. The highest BCUT2D eigenvalue weighted by molar-refractivity contribution is 5.79. The van der Waals surface area contributed by atoms with E-state index in [1.165, 1.54) is 0 Å². The molecule has 0 radical (unpaired) electrons. The van der Waals surface area contributed by atoms with Gasteiger partial charge in [-0.2, -0.15) is 4.98 Å². The summed E-state index contributed by atoms with van der Waals surface area (Å²) in [7, 11) is 3.19. The molecule has 0 atom stereocenters. The van der Waals surface area contributed by atoms with Crippen molar-refractivity contribution in [3.05, 3.63) is 42.6 Å². The summed E-state index contributed by atoms with van der Waals surface area (Å²) in [6, 6.07) is 11.9. The molecule has 0 N–H and O–H groups in total. The van der Waals surface area contributed by atoms with E-state index in [0.29, 0.717) is 36.4 Å². The fraction of sp³-hybridized carbons (Fsp3) is 0.440. The number of piperazine rings is 1. The standard InChI is InChI=1S/C25H30N6O4/c1-33-20-7-6-19(17-21(20)34-2)23-27-25(35-28-23)31-11-8-18(9-12-31)24(32)30-15-13-29(14-16-30)22-5-3-4-10-26-22/h3-7,10,17-18H,8-9,11-16H2,1-2H3. The smallest absolute Gasteiger partial charge is 0.324 e. The number of carbonyl (C=O) groups is 1. The Labute approximate surface area is 204 Å². The van der Waals surface area contributed by atoms with Crippen molar-refractivity contribution in [3.63, 3.8) is 0 Å². The van der Waals surface area contributed by atoms with Gasteiger partial charge >= 0.3 is 6.01 Å². The summed E-state index contributed by atoms with van der Waals surface area (Å²) in [6.45, 7) is 4.49. The van der Waals surface area contributed by atoms with Gasteiger partial charge in [-0.15, -0.1) is 0 Å². The van der Waals surface area contributed by atoms with Crippen LogP contribution in [0.2, 0.25) is 0 Å². The second-order valence-electron chi connectivity index (χ2n) is 8.73. The maximum atomic E-state index is 13.1. The SMILES string of the molecule is COc1ccc(-c2noc(N3CCC(C(=O)N4CCN(c5ccccn5)CC4)CC3)n2)cc1OC. The van der Waals surface area contributed by atoms with Gasteiger partial charge in [0.2, 0.25) is 11.7 Å². The van der Waals surface area contributed by atoms with Crippen LogP contribution in [0.4, 0.5) is 11.8 Å². The molecule has 2 fully saturated rings.